The summed E-state index contributed by atoms with van der Waals surface area (Å²) in [4.78, 5) is 12.9. The van der Waals surface area contributed by atoms with E-state index in [4.69, 9.17) is 5.11 Å². The van der Waals surface area contributed by atoms with Gasteiger partial charge in [0.05, 0.1) is 11.9 Å². The molecule has 0 saturated heterocycles. The number of H-pyrrole nitrogens is 1. The van der Waals surface area contributed by atoms with Gasteiger partial charge in [-0.2, -0.15) is 5.10 Å². The number of carboxylic acids is 1. The third-order valence-corrected chi connectivity index (χ3v) is 2.33. The van der Waals surface area contributed by atoms with Crippen LogP contribution in [0, 0.1) is 0 Å². The normalized spacial score (nSPS) is 22.7. The highest BCUT2D eigenvalue weighted by Crippen LogP contribution is 2.25. The van der Waals surface area contributed by atoms with Crippen LogP contribution in [-0.4, -0.2) is 39.8 Å². The van der Waals surface area contributed by atoms with Crippen LogP contribution >= 0.6 is 0 Å². The van der Waals surface area contributed by atoms with Gasteiger partial charge in [0.15, 0.2) is 0 Å². The summed E-state index contributed by atoms with van der Waals surface area (Å²) in [7, 11) is 1.91. The van der Waals surface area contributed by atoms with E-state index >= 15 is 0 Å². The molecule has 0 fully saturated rings. The number of aromatic amines is 1. The van der Waals surface area contributed by atoms with Gasteiger partial charge in [0.25, 0.3) is 0 Å². The Morgan fingerprint density at radius 1 is 1.85 bits per heavy atom. The highest BCUT2D eigenvalue weighted by molar-refractivity contribution is 5.76. The number of hydrogen-bond donors (Lipinski definition) is 2. The molecule has 1 aromatic heterocycles. The number of aliphatic carboxylic acids is 1. The van der Waals surface area contributed by atoms with Crippen molar-refractivity contribution in [1.29, 1.82) is 0 Å². The number of nitrogens with zero attached hydrogens (tertiary/aromatic N) is 2. The molecule has 5 heteroatoms. The van der Waals surface area contributed by atoms with E-state index in [1.807, 2.05) is 11.9 Å². The molecule has 2 rings (SSSR count). The molecule has 0 amide bonds. The molecule has 0 aliphatic carbocycles. The van der Waals surface area contributed by atoms with Crippen molar-refractivity contribution in [2.45, 2.75) is 12.5 Å². The third-order valence-electron chi connectivity index (χ3n) is 2.33. The minimum Gasteiger partial charge on any atom is -0.481 e. The molecule has 2 N–H and O–H groups in total. The molecule has 1 unspecified atom stereocenters. The summed E-state index contributed by atoms with van der Waals surface area (Å²) in [6, 6.07) is 0. The lowest BCUT2D eigenvalue weighted by Crippen LogP contribution is -2.33. The number of nitrogens with one attached hydrogen (secondary N) is 1. The van der Waals surface area contributed by atoms with E-state index in [1.165, 1.54) is 0 Å². The number of fused-ring (bicyclic) bond motifs is 1. The fraction of sp³-hybridized carbons (Fsp3) is 0.500. The minimum absolute atomic E-state index is 0.462. The van der Waals surface area contributed by atoms with Crippen molar-refractivity contribution in [1.82, 2.24) is 15.1 Å². The molecule has 70 valence electrons. The van der Waals surface area contributed by atoms with Gasteiger partial charge in [-0.3, -0.25) is 9.89 Å². The first kappa shape index (κ1) is 8.25. The number of rotatable bonds is 1. The van der Waals surface area contributed by atoms with Gasteiger partial charge in [0, 0.05) is 18.7 Å². The Morgan fingerprint density at radius 3 is 3.31 bits per heavy atom. The Morgan fingerprint density at radius 2 is 2.62 bits per heavy atom. The first-order valence-electron chi connectivity index (χ1n) is 4.12. The zero-order valence-electron chi connectivity index (χ0n) is 7.32. The Labute approximate surface area is 75.4 Å². The van der Waals surface area contributed by atoms with Crippen LogP contribution in [0.25, 0.3) is 0 Å². The van der Waals surface area contributed by atoms with E-state index in [9.17, 15) is 4.79 Å². The van der Waals surface area contributed by atoms with Crippen LogP contribution in [0.5, 0.6) is 0 Å². The summed E-state index contributed by atoms with van der Waals surface area (Å²) >= 11 is 0. The number of carboxylic acid groups (broad SMARTS) is 1. The molecule has 13 heavy (non-hydrogen) atoms. The topological polar surface area (TPSA) is 69.2 Å². The van der Waals surface area contributed by atoms with Gasteiger partial charge in [-0.05, 0) is 7.05 Å². The van der Waals surface area contributed by atoms with Crippen LogP contribution in [0.15, 0.2) is 6.20 Å². The highest BCUT2D eigenvalue weighted by Gasteiger charge is 2.30. The number of likely N-dealkylation sites (N-methyl/N-ethyl adjacent to an activating group) is 1. The molecule has 1 atom stereocenters. The maximum Gasteiger partial charge on any atom is 0.313 e. The number of carbonyl (C=O) groups is 1. The Kier molecular flexibility index (Phi) is 1.81. The van der Waals surface area contributed by atoms with E-state index in [1.54, 1.807) is 6.20 Å². The predicted octanol–water partition coefficient (Wildman–Crippen LogP) is 0.0233. The van der Waals surface area contributed by atoms with E-state index in [0.717, 1.165) is 17.8 Å². The Balaban J connectivity index is 2.38. The molecule has 0 radical (unpaired) electrons. The van der Waals surface area contributed by atoms with Crippen LogP contribution in [0.4, 0.5) is 0 Å². The fourth-order valence-electron chi connectivity index (χ4n) is 1.71. The molecule has 2 heterocycles. The largest absolute Gasteiger partial charge is 0.481 e. The molecule has 5 nitrogen and oxygen atoms in total. The monoisotopic (exact) mass is 181 g/mol. The van der Waals surface area contributed by atoms with E-state index in [2.05, 4.69) is 10.2 Å². The van der Waals surface area contributed by atoms with Crippen molar-refractivity contribution >= 4 is 5.97 Å². The first-order chi connectivity index (χ1) is 6.18. The van der Waals surface area contributed by atoms with Crippen molar-refractivity contribution in [3.8, 4) is 0 Å². The quantitative estimate of drug-likeness (QED) is 0.641. The average Bonchev–Trinajstić information content (AvgIpc) is 2.49. The molecule has 1 aliphatic heterocycles. The summed E-state index contributed by atoms with van der Waals surface area (Å²) in [5, 5.41) is 15.6. The smallest absolute Gasteiger partial charge is 0.313 e. The molecule has 0 aromatic carbocycles. The maximum absolute atomic E-state index is 10.9. The summed E-state index contributed by atoms with van der Waals surface area (Å²) in [5.74, 6) is -1.26. The summed E-state index contributed by atoms with van der Waals surface area (Å²) in [6.45, 7) is 1.32. The molecule has 0 bridgehead atoms. The zero-order valence-corrected chi connectivity index (χ0v) is 7.32. The van der Waals surface area contributed by atoms with Crippen LogP contribution in [0.2, 0.25) is 0 Å². The number of aromatic nitrogens is 2. The van der Waals surface area contributed by atoms with Crippen LogP contribution in [-0.2, 0) is 11.3 Å². The third kappa shape index (κ3) is 1.31. The lowest BCUT2D eigenvalue weighted by atomic mass is 9.97. The van der Waals surface area contributed by atoms with E-state index < -0.39 is 11.9 Å². The van der Waals surface area contributed by atoms with Gasteiger partial charge in [-0.1, -0.05) is 0 Å². The lowest BCUT2D eigenvalue weighted by Gasteiger charge is -2.26. The molecule has 0 spiro atoms. The van der Waals surface area contributed by atoms with Gasteiger partial charge >= 0.3 is 5.97 Å². The van der Waals surface area contributed by atoms with Crippen molar-refractivity contribution in [3.63, 3.8) is 0 Å². The molecule has 1 aliphatic rings. The predicted molar refractivity (Wildman–Crippen MR) is 45.3 cm³/mol. The standard InChI is InChI=1S/C8H11N3O2/c1-11-3-5-2-9-10-7(5)6(4-11)8(12)13/h2,6H,3-4H2,1H3,(H,9,10)(H,12,13). The average molecular weight is 181 g/mol. The summed E-state index contributed by atoms with van der Waals surface area (Å²) in [5.41, 5.74) is 1.74. The lowest BCUT2D eigenvalue weighted by molar-refractivity contribution is -0.139. The second kappa shape index (κ2) is 2.85. The fourth-order valence-corrected chi connectivity index (χ4v) is 1.71. The zero-order chi connectivity index (χ0) is 9.42. The second-order valence-electron chi connectivity index (χ2n) is 3.40. The van der Waals surface area contributed by atoms with Crippen LogP contribution in [0.3, 0.4) is 0 Å². The van der Waals surface area contributed by atoms with Crippen molar-refractivity contribution < 1.29 is 9.90 Å². The molecular weight excluding hydrogens is 170 g/mol. The van der Waals surface area contributed by atoms with Gasteiger partial charge in [-0.25, -0.2) is 0 Å². The van der Waals surface area contributed by atoms with Crippen molar-refractivity contribution in [3.05, 3.63) is 17.5 Å². The van der Waals surface area contributed by atoms with E-state index in [0.29, 0.717) is 6.54 Å². The molecule has 1 aromatic rings. The Hall–Kier alpha value is -1.36. The summed E-state index contributed by atoms with van der Waals surface area (Å²) in [6.07, 6.45) is 1.70. The second-order valence-corrected chi connectivity index (χ2v) is 3.40. The number of hydrogen-bond acceptors (Lipinski definition) is 3. The van der Waals surface area contributed by atoms with Gasteiger partial charge < -0.3 is 10.0 Å². The Bertz CT molecular complexity index is 334. The van der Waals surface area contributed by atoms with Gasteiger partial charge in [0.1, 0.15) is 5.92 Å². The van der Waals surface area contributed by atoms with Crippen LogP contribution < -0.4 is 0 Å². The van der Waals surface area contributed by atoms with Gasteiger partial charge in [0.2, 0.25) is 0 Å². The van der Waals surface area contributed by atoms with Crippen molar-refractivity contribution in [2.75, 3.05) is 13.6 Å². The van der Waals surface area contributed by atoms with E-state index in [-0.39, 0.29) is 0 Å². The minimum atomic E-state index is -0.794. The molecule has 0 saturated carbocycles. The molecular formula is C8H11N3O2. The first-order valence-corrected chi connectivity index (χ1v) is 4.12. The van der Waals surface area contributed by atoms with Crippen molar-refractivity contribution in [2.24, 2.45) is 0 Å². The SMILES string of the molecule is CN1Cc2cn[nH]c2C(C(=O)O)C1. The highest BCUT2D eigenvalue weighted by atomic mass is 16.4. The van der Waals surface area contributed by atoms with Crippen LogP contribution in [0.1, 0.15) is 17.2 Å². The summed E-state index contributed by atoms with van der Waals surface area (Å²) < 4.78 is 0. The van der Waals surface area contributed by atoms with Gasteiger partial charge in [-0.15, -0.1) is 0 Å². The maximum atomic E-state index is 10.9.